The second kappa shape index (κ2) is 7.65. The Bertz CT molecular complexity index is 727. The average Bonchev–Trinajstić information content (AvgIpc) is 2.56. The van der Waals surface area contributed by atoms with Gasteiger partial charge in [-0.05, 0) is 29.8 Å². The van der Waals surface area contributed by atoms with Gasteiger partial charge in [0.25, 0.3) is 0 Å². The van der Waals surface area contributed by atoms with Gasteiger partial charge < -0.3 is 14.2 Å². The average molecular weight is 335 g/mol. The van der Waals surface area contributed by atoms with Crippen LogP contribution in [0.4, 0.5) is 0 Å². The van der Waals surface area contributed by atoms with Gasteiger partial charge in [-0.3, -0.25) is 4.79 Å². The zero-order valence-corrected chi connectivity index (χ0v) is 13.4. The van der Waals surface area contributed by atoms with Crippen molar-refractivity contribution in [3.63, 3.8) is 0 Å². The Kier molecular flexibility index (Phi) is 5.60. The molecule has 0 radical (unpaired) electrons. The van der Waals surface area contributed by atoms with Crippen LogP contribution in [0.2, 0.25) is 5.02 Å². The van der Waals surface area contributed by atoms with Crippen molar-refractivity contribution in [1.29, 1.82) is 0 Å². The summed E-state index contributed by atoms with van der Waals surface area (Å²) in [7, 11) is 2.70. The lowest BCUT2D eigenvalue weighted by Gasteiger charge is -2.11. The molecule has 2 aromatic rings. The summed E-state index contributed by atoms with van der Waals surface area (Å²) in [5.74, 6) is -0.503. The quantitative estimate of drug-likeness (QED) is 0.620. The van der Waals surface area contributed by atoms with Crippen LogP contribution in [0.1, 0.15) is 15.9 Å². The Balaban J connectivity index is 2.14. The summed E-state index contributed by atoms with van der Waals surface area (Å²) in [6.07, 6.45) is 0.0293. The molecular weight excluding hydrogens is 320 g/mol. The van der Waals surface area contributed by atoms with Crippen molar-refractivity contribution in [1.82, 2.24) is 0 Å². The second-order valence-electron chi connectivity index (χ2n) is 4.60. The summed E-state index contributed by atoms with van der Waals surface area (Å²) in [6.45, 7) is 0. The maximum Gasteiger partial charge on any atom is 0.337 e. The molecule has 0 aliphatic rings. The van der Waals surface area contributed by atoms with Crippen molar-refractivity contribution in [2.24, 2.45) is 0 Å². The predicted octanol–water partition coefficient (Wildman–Crippen LogP) is 3.28. The van der Waals surface area contributed by atoms with Crippen LogP contribution in [-0.4, -0.2) is 26.2 Å². The lowest BCUT2D eigenvalue weighted by atomic mass is 10.1. The molecule has 0 saturated heterocycles. The second-order valence-corrected chi connectivity index (χ2v) is 5.01. The minimum absolute atomic E-state index is 0.0293. The Morgan fingerprint density at radius 2 is 1.78 bits per heavy atom. The number of carbonyl (C=O) groups is 2. The zero-order valence-electron chi connectivity index (χ0n) is 12.7. The van der Waals surface area contributed by atoms with Crippen LogP contribution < -0.4 is 9.47 Å². The molecule has 0 atom stereocenters. The zero-order chi connectivity index (χ0) is 16.8. The minimum atomic E-state index is -0.503. The maximum absolute atomic E-state index is 12.0. The standard InChI is InChI=1S/C17H15ClO5/c1-21-15-9-12(17(20)22-2)7-8-14(15)23-16(19)10-11-5-3-4-6-13(11)18/h3-9H,10H2,1-2H3. The van der Waals surface area contributed by atoms with E-state index in [0.717, 1.165) is 0 Å². The van der Waals surface area contributed by atoms with Gasteiger partial charge in [0.15, 0.2) is 11.5 Å². The molecule has 0 fully saturated rings. The molecule has 0 spiro atoms. The third-order valence-electron chi connectivity index (χ3n) is 3.10. The van der Waals surface area contributed by atoms with Gasteiger partial charge >= 0.3 is 11.9 Å². The van der Waals surface area contributed by atoms with Gasteiger partial charge in [-0.25, -0.2) is 4.79 Å². The van der Waals surface area contributed by atoms with E-state index < -0.39 is 11.9 Å². The molecular formula is C17H15ClO5. The summed E-state index contributed by atoms with van der Waals surface area (Å²) in [4.78, 5) is 23.5. The van der Waals surface area contributed by atoms with Crippen molar-refractivity contribution < 1.29 is 23.8 Å². The minimum Gasteiger partial charge on any atom is -0.493 e. The molecule has 0 saturated carbocycles. The molecule has 5 nitrogen and oxygen atoms in total. The van der Waals surface area contributed by atoms with Gasteiger partial charge in [-0.1, -0.05) is 29.8 Å². The van der Waals surface area contributed by atoms with Crippen LogP contribution >= 0.6 is 11.6 Å². The molecule has 0 aliphatic carbocycles. The highest BCUT2D eigenvalue weighted by Crippen LogP contribution is 2.29. The number of ether oxygens (including phenoxy) is 3. The highest BCUT2D eigenvalue weighted by Gasteiger charge is 2.15. The topological polar surface area (TPSA) is 61.8 Å². The fraction of sp³-hybridized carbons (Fsp3) is 0.176. The van der Waals surface area contributed by atoms with Crippen LogP contribution in [0.25, 0.3) is 0 Å². The van der Waals surface area contributed by atoms with E-state index in [0.29, 0.717) is 16.1 Å². The molecule has 2 rings (SSSR count). The normalized spacial score (nSPS) is 10.0. The van der Waals surface area contributed by atoms with E-state index >= 15 is 0 Å². The number of methoxy groups -OCH3 is 2. The van der Waals surface area contributed by atoms with Crippen molar-refractivity contribution in [2.45, 2.75) is 6.42 Å². The van der Waals surface area contributed by atoms with E-state index in [1.807, 2.05) is 0 Å². The fourth-order valence-corrected chi connectivity index (χ4v) is 2.16. The molecule has 23 heavy (non-hydrogen) atoms. The molecule has 2 aromatic carbocycles. The highest BCUT2D eigenvalue weighted by atomic mass is 35.5. The highest BCUT2D eigenvalue weighted by molar-refractivity contribution is 6.31. The summed E-state index contributed by atoms with van der Waals surface area (Å²) >= 11 is 6.02. The van der Waals surface area contributed by atoms with E-state index in [-0.39, 0.29) is 17.9 Å². The Morgan fingerprint density at radius 1 is 1.04 bits per heavy atom. The summed E-state index contributed by atoms with van der Waals surface area (Å²) in [6, 6.07) is 11.5. The van der Waals surface area contributed by atoms with Gasteiger partial charge in [0.1, 0.15) is 0 Å². The molecule has 0 amide bonds. The predicted molar refractivity (Wildman–Crippen MR) is 85.1 cm³/mol. The number of rotatable bonds is 5. The Hall–Kier alpha value is -2.53. The van der Waals surface area contributed by atoms with E-state index in [1.165, 1.54) is 32.4 Å². The maximum atomic E-state index is 12.0. The van der Waals surface area contributed by atoms with Crippen molar-refractivity contribution in [3.05, 3.63) is 58.6 Å². The van der Waals surface area contributed by atoms with E-state index in [4.69, 9.17) is 21.1 Å². The monoisotopic (exact) mass is 334 g/mol. The van der Waals surface area contributed by atoms with E-state index in [9.17, 15) is 9.59 Å². The number of halogens is 1. The van der Waals surface area contributed by atoms with Crippen LogP contribution in [0, 0.1) is 0 Å². The number of hydrogen-bond donors (Lipinski definition) is 0. The lowest BCUT2D eigenvalue weighted by Crippen LogP contribution is -2.12. The first-order valence-electron chi connectivity index (χ1n) is 6.75. The molecule has 0 N–H and O–H groups in total. The third kappa shape index (κ3) is 4.23. The molecule has 6 heteroatoms. The van der Waals surface area contributed by atoms with Crippen LogP contribution in [0.15, 0.2) is 42.5 Å². The molecule has 120 valence electrons. The van der Waals surface area contributed by atoms with Crippen molar-refractivity contribution in [2.75, 3.05) is 14.2 Å². The molecule has 0 heterocycles. The first-order valence-corrected chi connectivity index (χ1v) is 7.13. The van der Waals surface area contributed by atoms with E-state index in [1.54, 1.807) is 24.3 Å². The SMILES string of the molecule is COC(=O)c1ccc(OC(=O)Cc2ccccc2Cl)c(OC)c1. The van der Waals surface area contributed by atoms with Gasteiger partial charge in [0, 0.05) is 5.02 Å². The Morgan fingerprint density at radius 3 is 2.43 bits per heavy atom. The van der Waals surface area contributed by atoms with Crippen LogP contribution in [0.5, 0.6) is 11.5 Å². The summed E-state index contributed by atoms with van der Waals surface area (Å²) in [5.41, 5.74) is 0.972. The fourth-order valence-electron chi connectivity index (χ4n) is 1.95. The largest absolute Gasteiger partial charge is 0.493 e. The third-order valence-corrected chi connectivity index (χ3v) is 3.47. The van der Waals surface area contributed by atoms with Crippen LogP contribution in [0.3, 0.4) is 0 Å². The number of benzene rings is 2. The van der Waals surface area contributed by atoms with E-state index in [2.05, 4.69) is 4.74 Å². The van der Waals surface area contributed by atoms with Crippen molar-refractivity contribution >= 4 is 23.5 Å². The van der Waals surface area contributed by atoms with Crippen LogP contribution in [-0.2, 0) is 16.0 Å². The molecule has 0 bridgehead atoms. The van der Waals surface area contributed by atoms with Gasteiger partial charge in [-0.2, -0.15) is 0 Å². The number of carbonyl (C=O) groups excluding carboxylic acids is 2. The number of hydrogen-bond acceptors (Lipinski definition) is 5. The van der Waals surface area contributed by atoms with Gasteiger partial charge in [-0.15, -0.1) is 0 Å². The van der Waals surface area contributed by atoms with Gasteiger partial charge in [0.2, 0.25) is 0 Å². The molecule has 0 aromatic heterocycles. The molecule has 0 unspecified atom stereocenters. The first-order chi connectivity index (χ1) is 11.0. The summed E-state index contributed by atoms with van der Waals surface area (Å²) in [5, 5.41) is 0.498. The first kappa shape index (κ1) is 16.8. The molecule has 0 aliphatic heterocycles. The lowest BCUT2D eigenvalue weighted by molar-refractivity contribution is -0.133. The van der Waals surface area contributed by atoms with Crippen molar-refractivity contribution in [3.8, 4) is 11.5 Å². The number of esters is 2. The summed E-state index contributed by atoms with van der Waals surface area (Å²) < 4.78 is 15.1. The smallest absolute Gasteiger partial charge is 0.337 e. The Labute approximate surface area is 138 Å². The van der Waals surface area contributed by atoms with Gasteiger partial charge in [0.05, 0.1) is 26.2 Å².